The summed E-state index contributed by atoms with van der Waals surface area (Å²) in [7, 11) is 0. The van der Waals surface area contributed by atoms with Gasteiger partial charge in [0.25, 0.3) is 0 Å². The predicted octanol–water partition coefficient (Wildman–Crippen LogP) is 4.77. The van der Waals surface area contributed by atoms with Crippen LogP contribution < -0.4 is 5.32 Å². The van der Waals surface area contributed by atoms with E-state index in [-0.39, 0.29) is 24.3 Å². The molecule has 1 heterocycles. The van der Waals surface area contributed by atoms with E-state index in [1.165, 1.54) is 11.8 Å². The minimum Gasteiger partial charge on any atom is -0.326 e. The lowest BCUT2D eigenvalue weighted by atomic mass is 10.2. The second kappa shape index (κ2) is 7.97. The highest BCUT2D eigenvalue weighted by atomic mass is 35.5. The summed E-state index contributed by atoms with van der Waals surface area (Å²) >= 11 is 7.34. The number of rotatable bonds is 5. The summed E-state index contributed by atoms with van der Waals surface area (Å²) in [6.45, 7) is 2.00. The van der Waals surface area contributed by atoms with Crippen LogP contribution in [0.2, 0.25) is 5.02 Å². The highest BCUT2D eigenvalue weighted by molar-refractivity contribution is 8.15. The summed E-state index contributed by atoms with van der Waals surface area (Å²) in [6.07, 6.45) is 2.08. The first-order valence-electron chi connectivity index (χ1n) is 9.21. The van der Waals surface area contributed by atoms with Gasteiger partial charge in [-0.25, -0.2) is 4.99 Å². The lowest BCUT2D eigenvalue weighted by Crippen LogP contribution is -2.35. The van der Waals surface area contributed by atoms with E-state index in [1.807, 2.05) is 31.2 Å². The number of carbonyl (C=O) groups is 2. The third-order valence-electron chi connectivity index (χ3n) is 4.69. The van der Waals surface area contributed by atoms with E-state index in [9.17, 15) is 9.59 Å². The molecule has 4 rings (SSSR count). The van der Waals surface area contributed by atoms with Crippen LogP contribution in [0.15, 0.2) is 53.5 Å². The van der Waals surface area contributed by atoms with Gasteiger partial charge in [0.1, 0.15) is 5.25 Å². The quantitative estimate of drug-likeness (QED) is 0.767. The third kappa shape index (κ3) is 4.23. The molecule has 0 spiro atoms. The predicted molar refractivity (Wildman–Crippen MR) is 114 cm³/mol. The maximum atomic E-state index is 12.9. The SMILES string of the molecule is Cc1ccccc1N=C1S[C@H](CC(=O)Nc2cccc(Cl)c2)C(=O)N1C1CC1. The molecule has 1 saturated heterocycles. The Balaban J connectivity index is 1.50. The number of hydrogen-bond donors (Lipinski definition) is 1. The van der Waals surface area contributed by atoms with Gasteiger partial charge in [-0.05, 0) is 49.6 Å². The van der Waals surface area contributed by atoms with Crippen LogP contribution in [0, 0.1) is 6.92 Å². The Morgan fingerprint density at radius 3 is 2.75 bits per heavy atom. The van der Waals surface area contributed by atoms with Gasteiger partial charge in [0.2, 0.25) is 11.8 Å². The molecule has 0 radical (unpaired) electrons. The van der Waals surface area contributed by atoms with E-state index in [0.29, 0.717) is 15.9 Å². The molecule has 1 aliphatic carbocycles. The smallest absolute Gasteiger partial charge is 0.242 e. The van der Waals surface area contributed by atoms with E-state index in [4.69, 9.17) is 16.6 Å². The number of anilines is 1. The molecule has 0 aromatic heterocycles. The van der Waals surface area contributed by atoms with Crippen molar-refractivity contribution in [3.63, 3.8) is 0 Å². The summed E-state index contributed by atoms with van der Waals surface area (Å²) in [6, 6.07) is 15.0. The average Bonchev–Trinajstić information content (AvgIpc) is 3.43. The second-order valence-corrected chi connectivity index (χ2v) is 8.60. The Hall–Kier alpha value is -2.31. The number of nitrogens with zero attached hydrogens (tertiary/aromatic N) is 2. The molecule has 2 aromatic carbocycles. The molecule has 5 nitrogen and oxygen atoms in total. The van der Waals surface area contributed by atoms with Gasteiger partial charge < -0.3 is 5.32 Å². The van der Waals surface area contributed by atoms with Crippen molar-refractivity contribution in [2.45, 2.75) is 37.5 Å². The van der Waals surface area contributed by atoms with Gasteiger partial charge in [0, 0.05) is 23.2 Å². The molecule has 2 fully saturated rings. The minimum atomic E-state index is -0.456. The van der Waals surface area contributed by atoms with Crippen LogP contribution in [0.1, 0.15) is 24.8 Å². The van der Waals surface area contributed by atoms with Crippen LogP contribution >= 0.6 is 23.4 Å². The van der Waals surface area contributed by atoms with Crippen molar-refractivity contribution in [2.24, 2.45) is 4.99 Å². The molecule has 1 N–H and O–H groups in total. The number of nitrogens with one attached hydrogen (secondary N) is 1. The number of halogens is 1. The summed E-state index contributed by atoms with van der Waals surface area (Å²) in [4.78, 5) is 31.9. The number of benzene rings is 2. The summed E-state index contributed by atoms with van der Waals surface area (Å²) in [5, 5.41) is 3.61. The number of carbonyl (C=O) groups excluding carboxylic acids is 2. The molecular weight excluding hydrogens is 394 g/mol. The third-order valence-corrected chi connectivity index (χ3v) is 6.08. The zero-order valence-electron chi connectivity index (χ0n) is 15.4. The molecule has 144 valence electrons. The van der Waals surface area contributed by atoms with Crippen molar-refractivity contribution in [3.8, 4) is 0 Å². The first kappa shape index (κ1) is 19.0. The molecule has 2 aromatic rings. The van der Waals surface area contributed by atoms with Crippen LogP contribution in [0.3, 0.4) is 0 Å². The molecule has 2 aliphatic rings. The Morgan fingerprint density at radius 2 is 2.04 bits per heavy atom. The highest BCUT2D eigenvalue weighted by Crippen LogP contribution is 2.39. The molecule has 1 aliphatic heterocycles. The van der Waals surface area contributed by atoms with Crippen molar-refractivity contribution in [1.82, 2.24) is 4.90 Å². The van der Waals surface area contributed by atoms with Gasteiger partial charge in [-0.2, -0.15) is 0 Å². The van der Waals surface area contributed by atoms with Gasteiger partial charge in [-0.1, -0.05) is 47.6 Å². The van der Waals surface area contributed by atoms with Gasteiger partial charge in [0.05, 0.1) is 5.69 Å². The van der Waals surface area contributed by atoms with E-state index in [2.05, 4.69) is 5.32 Å². The molecular formula is C21H20ClN3O2S. The highest BCUT2D eigenvalue weighted by Gasteiger charge is 2.46. The standard InChI is InChI=1S/C21H20ClN3O2S/c1-13-5-2-3-8-17(13)24-21-25(16-9-10-16)20(27)18(28-21)12-19(26)23-15-7-4-6-14(22)11-15/h2-8,11,16,18H,9-10,12H2,1H3,(H,23,26)/t18-/m1/s1. The van der Waals surface area contributed by atoms with Crippen LogP contribution in [-0.2, 0) is 9.59 Å². The first-order valence-corrected chi connectivity index (χ1v) is 10.5. The molecule has 1 saturated carbocycles. The maximum absolute atomic E-state index is 12.9. The lowest BCUT2D eigenvalue weighted by molar-refractivity contribution is -0.128. The number of aliphatic imine (C=N–C) groups is 1. The van der Waals surface area contributed by atoms with Crippen LogP contribution in [-0.4, -0.2) is 33.2 Å². The average molecular weight is 414 g/mol. The fourth-order valence-corrected chi connectivity index (χ4v) is 4.50. The number of aryl methyl sites for hydroxylation is 1. The largest absolute Gasteiger partial charge is 0.326 e. The number of amides is 2. The van der Waals surface area contributed by atoms with E-state index in [1.54, 1.807) is 29.2 Å². The Kier molecular flexibility index (Phi) is 5.42. The van der Waals surface area contributed by atoms with Crippen molar-refractivity contribution in [2.75, 3.05) is 5.32 Å². The molecule has 1 atom stereocenters. The zero-order chi connectivity index (χ0) is 19.7. The normalized spacial score (nSPS) is 20.6. The maximum Gasteiger partial charge on any atom is 0.242 e. The zero-order valence-corrected chi connectivity index (χ0v) is 17.0. The van der Waals surface area contributed by atoms with Crippen molar-refractivity contribution in [3.05, 3.63) is 59.1 Å². The topological polar surface area (TPSA) is 61.8 Å². The lowest BCUT2D eigenvalue weighted by Gasteiger charge is -2.15. The summed E-state index contributed by atoms with van der Waals surface area (Å²) in [5.41, 5.74) is 2.54. The number of para-hydroxylation sites is 1. The Morgan fingerprint density at radius 1 is 1.25 bits per heavy atom. The van der Waals surface area contributed by atoms with Crippen molar-refractivity contribution >= 4 is 51.7 Å². The second-order valence-electron chi connectivity index (χ2n) is 6.99. The summed E-state index contributed by atoms with van der Waals surface area (Å²) in [5.74, 6) is -0.234. The Labute approximate surface area is 173 Å². The van der Waals surface area contributed by atoms with E-state index >= 15 is 0 Å². The van der Waals surface area contributed by atoms with Gasteiger partial charge in [-0.3, -0.25) is 14.5 Å². The van der Waals surface area contributed by atoms with Crippen molar-refractivity contribution in [1.29, 1.82) is 0 Å². The minimum absolute atomic E-state index is 0.0268. The fourth-order valence-electron chi connectivity index (χ4n) is 3.10. The first-order chi connectivity index (χ1) is 13.5. The van der Waals surface area contributed by atoms with E-state index in [0.717, 1.165) is 24.1 Å². The number of amidine groups is 1. The molecule has 2 amide bonds. The molecule has 28 heavy (non-hydrogen) atoms. The van der Waals surface area contributed by atoms with Gasteiger partial charge in [0.15, 0.2) is 5.17 Å². The summed E-state index contributed by atoms with van der Waals surface area (Å²) < 4.78 is 0. The van der Waals surface area contributed by atoms with Gasteiger partial charge >= 0.3 is 0 Å². The molecule has 0 bridgehead atoms. The van der Waals surface area contributed by atoms with Crippen LogP contribution in [0.25, 0.3) is 0 Å². The molecule has 7 heteroatoms. The monoisotopic (exact) mass is 413 g/mol. The van der Waals surface area contributed by atoms with Crippen molar-refractivity contribution < 1.29 is 9.59 Å². The fraction of sp³-hybridized carbons (Fsp3) is 0.286. The number of hydrogen-bond acceptors (Lipinski definition) is 4. The van der Waals surface area contributed by atoms with E-state index < -0.39 is 5.25 Å². The molecule has 0 unspecified atom stereocenters. The van der Waals surface area contributed by atoms with Gasteiger partial charge in [-0.15, -0.1) is 0 Å². The van der Waals surface area contributed by atoms with Crippen LogP contribution in [0.5, 0.6) is 0 Å². The van der Waals surface area contributed by atoms with Crippen LogP contribution in [0.4, 0.5) is 11.4 Å². The Bertz CT molecular complexity index is 958. The number of thioether (sulfide) groups is 1.